The molecule has 1 amide bonds. The summed E-state index contributed by atoms with van der Waals surface area (Å²) >= 11 is -2.34. The highest BCUT2D eigenvalue weighted by Crippen LogP contribution is 2.33. The molecule has 0 saturated carbocycles. The van der Waals surface area contributed by atoms with Gasteiger partial charge in [0.25, 0.3) is 0 Å². The molecule has 2 aromatic carbocycles. The molecule has 0 aliphatic carbocycles. The highest BCUT2D eigenvalue weighted by Gasteiger charge is 2.34. The monoisotopic (exact) mass is 422 g/mol. The van der Waals surface area contributed by atoms with E-state index in [1.807, 2.05) is 42.5 Å². The predicted molar refractivity (Wildman–Crippen MR) is 113 cm³/mol. The van der Waals surface area contributed by atoms with Gasteiger partial charge in [-0.3, -0.25) is 9.11 Å². The predicted octanol–water partition coefficient (Wildman–Crippen LogP) is 3.60. The molecule has 0 spiro atoms. The van der Waals surface area contributed by atoms with Crippen LogP contribution in [0.4, 0.5) is 16.3 Å². The van der Waals surface area contributed by atoms with Crippen LogP contribution in [0.25, 0.3) is 10.9 Å². The van der Waals surface area contributed by atoms with Gasteiger partial charge in [0.1, 0.15) is 12.4 Å². The molecule has 8 heteroatoms. The Bertz CT molecular complexity index is 1140. The van der Waals surface area contributed by atoms with Crippen LogP contribution in [-0.4, -0.2) is 39.0 Å². The number of amides is 1. The Balaban J connectivity index is 1.37. The minimum absolute atomic E-state index is 0.0559. The summed E-state index contributed by atoms with van der Waals surface area (Å²) in [5.41, 5.74) is 2.44. The number of piperidine rings is 1. The lowest BCUT2D eigenvalue weighted by Crippen LogP contribution is -2.49. The zero-order valence-corrected chi connectivity index (χ0v) is 17.0. The van der Waals surface area contributed by atoms with Crippen molar-refractivity contribution in [1.29, 1.82) is 0 Å². The van der Waals surface area contributed by atoms with E-state index in [1.165, 1.54) is 0 Å². The van der Waals surface area contributed by atoms with Crippen LogP contribution in [0.15, 0.2) is 59.5 Å². The number of carbonyl (C=O) groups is 1. The number of para-hydroxylation sites is 2. The molecule has 0 radical (unpaired) electrons. The summed E-state index contributed by atoms with van der Waals surface area (Å²) in [4.78, 5) is 21.2. The van der Waals surface area contributed by atoms with E-state index in [9.17, 15) is 13.6 Å². The van der Waals surface area contributed by atoms with Crippen LogP contribution >= 0.6 is 0 Å². The third-order valence-electron chi connectivity index (χ3n) is 5.80. The molecule has 5 rings (SSSR count). The molecule has 2 aliphatic heterocycles. The number of carbonyl (C=O) groups excluding carboxylic acids is 1. The highest BCUT2D eigenvalue weighted by atomic mass is 32.2. The fourth-order valence-corrected chi connectivity index (χ4v) is 4.81. The maximum absolute atomic E-state index is 12.5. The minimum Gasteiger partial charge on any atom is -0.768 e. The van der Waals surface area contributed by atoms with E-state index in [0.29, 0.717) is 12.1 Å². The molecule has 30 heavy (non-hydrogen) atoms. The summed E-state index contributed by atoms with van der Waals surface area (Å²) < 4.78 is 28.5. The van der Waals surface area contributed by atoms with Crippen LogP contribution in [-0.2, 0) is 22.4 Å². The van der Waals surface area contributed by atoms with Crippen LogP contribution in [0.2, 0.25) is 0 Å². The molecule has 3 heterocycles. The van der Waals surface area contributed by atoms with E-state index < -0.39 is 11.1 Å². The second kappa shape index (κ2) is 7.70. The number of benzene rings is 2. The molecule has 0 N–H and O–H groups in total. The van der Waals surface area contributed by atoms with Crippen molar-refractivity contribution in [1.82, 2.24) is 4.98 Å². The molecule has 1 unspecified atom stereocenters. The quantitative estimate of drug-likeness (QED) is 0.600. The number of anilines is 2. The lowest BCUT2D eigenvalue weighted by Gasteiger charge is -2.40. The van der Waals surface area contributed by atoms with E-state index in [-0.39, 0.29) is 17.0 Å². The van der Waals surface area contributed by atoms with Crippen LogP contribution in [0.1, 0.15) is 18.4 Å². The Labute approximate surface area is 176 Å². The van der Waals surface area contributed by atoms with Crippen molar-refractivity contribution in [3.63, 3.8) is 0 Å². The van der Waals surface area contributed by atoms with Crippen LogP contribution in [0, 0.1) is 0 Å². The van der Waals surface area contributed by atoms with Gasteiger partial charge in [0, 0.05) is 30.1 Å². The lowest BCUT2D eigenvalue weighted by atomic mass is 10.0. The van der Waals surface area contributed by atoms with Crippen molar-refractivity contribution in [3.05, 3.63) is 60.2 Å². The maximum atomic E-state index is 12.5. The molecule has 154 valence electrons. The van der Waals surface area contributed by atoms with E-state index in [0.717, 1.165) is 48.4 Å². The number of nitrogens with zero attached hydrogens (tertiary/aromatic N) is 3. The maximum Gasteiger partial charge on any atom is 0.414 e. The zero-order chi connectivity index (χ0) is 20.7. The fraction of sp³-hybridized carbons (Fsp3) is 0.273. The first-order valence-electron chi connectivity index (χ1n) is 9.90. The molecule has 3 aromatic rings. The number of fused-ring (bicyclic) bond motifs is 2. The summed E-state index contributed by atoms with van der Waals surface area (Å²) in [7, 11) is 0. The summed E-state index contributed by atoms with van der Waals surface area (Å²) in [6.45, 7) is 1.75. The van der Waals surface area contributed by atoms with E-state index in [2.05, 4.69) is 9.88 Å². The van der Waals surface area contributed by atoms with Gasteiger partial charge in [0.2, 0.25) is 0 Å². The lowest BCUT2D eigenvalue weighted by molar-refractivity contribution is 0.137. The van der Waals surface area contributed by atoms with Crippen molar-refractivity contribution in [2.75, 3.05) is 22.9 Å². The van der Waals surface area contributed by atoms with Gasteiger partial charge >= 0.3 is 6.09 Å². The average molecular weight is 422 g/mol. The third kappa shape index (κ3) is 3.32. The smallest absolute Gasteiger partial charge is 0.414 e. The van der Waals surface area contributed by atoms with Crippen LogP contribution in [0.5, 0.6) is 0 Å². The number of aromatic nitrogens is 1. The van der Waals surface area contributed by atoms with Crippen molar-refractivity contribution >= 4 is 39.6 Å². The molecule has 2 aliphatic rings. The van der Waals surface area contributed by atoms with E-state index >= 15 is 0 Å². The molecule has 1 fully saturated rings. The molecule has 1 saturated heterocycles. The number of cyclic esters (lactones) is 1. The number of ether oxygens (including phenoxy) is 1. The standard InChI is InChI=1S/C22H21N3O4S/c26-22-25(18-6-2-1-4-16(18)14-29-22)17-10-12-24(13-11-17)20-9-8-15-5-3-7-19(30(27)28)21(15)23-20/h1-9,17H,10-14H2,(H,27,28)/p-1. The summed E-state index contributed by atoms with van der Waals surface area (Å²) in [6.07, 6.45) is 1.26. The number of pyridine rings is 1. The minimum atomic E-state index is -2.34. The first kappa shape index (κ1) is 19.0. The van der Waals surface area contributed by atoms with Gasteiger partial charge in [0.05, 0.1) is 16.1 Å². The van der Waals surface area contributed by atoms with Gasteiger partial charge in [-0.05, 0) is 48.2 Å². The van der Waals surface area contributed by atoms with Crippen molar-refractivity contribution in [2.24, 2.45) is 0 Å². The van der Waals surface area contributed by atoms with E-state index in [4.69, 9.17) is 4.74 Å². The van der Waals surface area contributed by atoms with Gasteiger partial charge in [-0.2, -0.15) is 0 Å². The summed E-state index contributed by atoms with van der Waals surface area (Å²) in [5.74, 6) is 0.750. The first-order valence-corrected chi connectivity index (χ1v) is 11.0. The third-order valence-corrected chi connectivity index (χ3v) is 6.49. The first-order chi connectivity index (χ1) is 14.6. The number of hydrogen-bond acceptors (Lipinski definition) is 6. The molecule has 0 bridgehead atoms. The van der Waals surface area contributed by atoms with Gasteiger partial charge < -0.3 is 14.2 Å². The molecule has 1 aromatic heterocycles. The number of rotatable bonds is 3. The molecule has 7 nitrogen and oxygen atoms in total. The van der Waals surface area contributed by atoms with Crippen LogP contribution in [0.3, 0.4) is 0 Å². The van der Waals surface area contributed by atoms with Crippen LogP contribution < -0.4 is 9.80 Å². The average Bonchev–Trinajstić information content (AvgIpc) is 2.78. The Morgan fingerprint density at radius 2 is 1.83 bits per heavy atom. The number of hydrogen-bond donors (Lipinski definition) is 0. The largest absolute Gasteiger partial charge is 0.768 e. The Morgan fingerprint density at radius 1 is 1.03 bits per heavy atom. The van der Waals surface area contributed by atoms with Gasteiger partial charge in [-0.25, -0.2) is 9.78 Å². The van der Waals surface area contributed by atoms with Crippen molar-refractivity contribution in [2.45, 2.75) is 30.4 Å². The molecular weight excluding hydrogens is 402 g/mol. The SMILES string of the molecule is O=C1OCc2ccccc2N1C1CCN(c2ccc3cccc(S(=O)[O-])c3n2)CC1. The Hall–Kier alpha value is -2.97. The van der Waals surface area contributed by atoms with Gasteiger partial charge in [-0.1, -0.05) is 30.3 Å². The van der Waals surface area contributed by atoms with E-state index in [1.54, 1.807) is 17.0 Å². The molecular formula is C22H20N3O4S-. The highest BCUT2D eigenvalue weighted by molar-refractivity contribution is 7.79. The normalized spacial score (nSPS) is 18.2. The Morgan fingerprint density at radius 3 is 2.63 bits per heavy atom. The molecule has 1 atom stereocenters. The van der Waals surface area contributed by atoms with Crippen molar-refractivity contribution in [3.8, 4) is 0 Å². The fourth-order valence-electron chi connectivity index (χ4n) is 4.29. The zero-order valence-electron chi connectivity index (χ0n) is 16.2. The second-order valence-corrected chi connectivity index (χ2v) is 8.41. The topological polar surface area (TPSA) is 85.8 Å². The van der Waals surface area contributed by atoms with Gasteiger partial charge in [0.15, 0.2) is 0 Å². The summed E-state index contributed by atoms with van der Waals surface area (Å²) in [5, 5.41) is 0.794. The van der Waals surface area contributed by atoms with Crippen molar-refractivity contribution < 1.29 is 18.3 Å². The summed E-state index contributed by atoms with van der Waals surface area (Å²) in [6, 6.07) is 16.9. The second-order valence-electron chi connectivity index (χ2n) is 7.50. The Kier molecular flexibility index (Phi) is 4.88. The van der Waals surface area contributed by atoms with Gasteiger partial charge in [-0.15, -0.1) is 0 Å².